The Bertz CT molecular complexity index is 813. The van der Waals surface area contributed by atoms with E-state index in [1.165, 1.54) is 25.0 Å². The summed E-state index contributed by atoms with van der Waals surface area (Å²) in [4.78, 5) is 22.1. The summed E-state index contributed by atoms with van der Waals surface area (Å²) >= 11 is 0. The van der Waals surface area contributed by atoms with E-state index in [-0.39, 0.29) is 5.69 Å². The van der Waals surface area contributed by atoms with E-state index in [9.17, 15) is 10.1 Å². The summed E-state index contributed by atoms with van der Waals surface area (Å²) in [6.07, 6.45) is 4.87. The highest BCUT2D eigenvalue weighted by atomic mass is 16.6. The van der Waals surface area contributed by atoms with Crippen LogP contribution < -0.4 is 10.2 Å². The Morgan fingerprint density at radius 1 is 1.12 bits per heavy atom. The molecule has 2 aliphatic rings. The summed E-state index contributed by atoms with van der Waals surface area (Å²) in [6.45, 7) is 3.87. The van der Waals surface area contributed by atoms with E-state index in [1.54, 1.807) is 6.07 Å². The van der Waals surface area contributed by atoms with Gasteiger partial charge >= 0.3 is 0 Å². The molecule has 7 nitrogen and oxygen atoms in total. The number of nitrogens with zero attached hydrogens (tertiary/aromatic N) is 4. The average molecular weight is 353 g/mol. The molecule has 4 rings (SSSR count). The van der Waals surface area contributed by atoms with Crippen molar-refractivity contribution in [1.82, 2.24) is 15.3 Å². The van der Waals surface area contributed by atoms with Crippen molar-refractivity contribution < 1.29 is 4.92 Å². The number of hydrogen-bond donors (Lipinski definition) is 1. The Hall–Kier alpha value is -2.54. The first-order valence-electron chi connectivity index (χ1n) is 9.20. The molecule has 1 aromatic heterocycles. The minimum atomic E-state index is -0.391. The summed E-state index contributed by atoms with van der Waals surface area (Å²) < 4.78 is 0. The van der Waals surface area contributed by atoms with Crippen LogP contribution in [0.15, 0.2) is 30.3 Å². The van der Waals surface area contributed by atoms with E-state index >= 15 is 0 Å². The SMILES string of the molecule is Cc1cc(N2CCC(NC3CC3)CC2)nc(-c2cccc([N+](=O)[O-])c2)n1. The van der Waals surface area contributed by atoms with Crippen molar-refractivity contribution in [3.63, 3.8) is 0 Å². The minimum Gasteiger partial charge on any atom is -0.356 e. The molecule has 0 bridgehead atoms. The molecule has 1 aliphatic heterocycles. The van der Waals surface area contributed by atoms with E-state index in [4.69, 9.17) is 4.98 Å². The molecule has 7 heteroatoms. The molecule has 0 unspecified atom stereocenters. The molecule has 1 saturated heterocycles. The molecule has 1 N–H and O–H groups in total. The number of aryl methyl sites for hydroxylation is 1. The summed E-state index contributed by atoms with van der Waals surface area (Å²) in [6, 6.07) is 9.86. The van der Waals surface area contributed by atoms with Crippen molar-refractivity contribution in [3.8, 4) is 11.4 Å². The van der Waals surface area contributed by atoms with Crippen LogP contribution in [0.25, 0.3) is 11.4 Å². The van der Waals surface area contributed by atoms with Crippen LogP contribution in [-0.4, -0.2) is 40.1 Å². The molecule has 0 radical (unpaired) electrons. The number of hydrogen-bond acceptors (Lipinski definition) is 6. The van der Waals surface area contributed by atoms with Crippen LogP contribution in [-0.2, 0) is 0 Å². The number of piperidine rings is 1. The molecule has 26 heavy (non-hydrogen) atoms. The number of non-ortho nitro benzene ring substituents is 1. The molecule has 0 spiro atoms. The third-order valence-corrected chi connectivity index (χ3v) is 5.02. The fourth-order valence-corrected chi connectivity index (χ4v) is 3.46. The maximum Gasteiger partial charge on any atom is 0.270 e. The normalized spacial score (nSPS) is 18.1. The summed E-state index contributed by atoms with van der Waals surface area (Å²) in [7, 11) is 0. The Morgan fingerprint density at radius 2 is 1.85 bits per heavy atom. The van der Waals surface area contributed by atoms with Gasteiger partial charge in [0, 0.05) is 54.6 Å². The number of aromatic nitrogens is 2. The second-order valence-corrected chi connectivity index (χ2v) is 7.20. The second-order valence-electron chi connectivity index (χ2n) is 7.20. The molecular formula is C19H23N5O2. The lowest BCUT2D eigenvalue weighted by atomic mass is 10.0. The van der Waals surface area contributed by atoms with Crippen LogP contribution in [0.2, 0.25) is 0 Å². The van der Waals surface area contributed by atoms with Crippen molar-refractivity contribution in [1.29, 1.82) is 0 Å². The number of nitrogens with one attached hydrogen (secondary N) is 1. The van der Waals surface area contributed by atoms with Crippen LogP contribution in [0.4, 0.5) is 11.5 Å². The molecule has 0 amide bonds. The quantitative estimate of drug-likeness (QED) is 0.657. The van der Waals surface area contributed by atoms with Gasteiger partial charge in [-0.3, -0.25) is 10.1 Å². The van der Waals surface area contributed by atoms with E-state index in [0.717, 1.165) is 43.5 Å². The third-order valence-electron chi connectivity index (χ3n) is 5.02. The van der Waals surface area contributed by atoms with Crippen LogP contribution in [0.3, 0.4) is 0 Å². The smallest absolute Gasteiger partial charge is 0.270 e. The second kappa shape index (κ2) is 6.99. The molecule has 136 valence electrons. The lowest BCUT2D eigenvalue weighted by Gasteiger charge is -2.33. The van der Waals surface area contributed by atoms with Crippen molar-refractivity contribution in [3.05, 3.63) is 46.1 Å². The maximum absolute atomic E-state index is 11.0. The largest absolute Gasteiger partial charge is 0.356 e. The Morgan fingerprint density at radius 3 is 2.54 bits per heavy atom. The highest BCUT2D eigenvalue weighted by molar-refractivity contribution is 5.61. The molecular weight excluding hydrogens is 330 g/mol. The molecule has 2 aromatic rings. The summed E-state index contributed by atoms with van der Waals surface area (Å²) in [5.41, 5.74) is 1.60. The lowest BCUT2D eigenvalue weighted by Crippen LogP contribution is -2.43. The number of rotatable bonds is 5. The van der Waals surface area contributed by atoms with Crippen LogP contribution in [0.1, 0.15) is 31.4 Å². The van der Waals surface area contributed by atoms with Gasteiger partial charge in [-0.05, 0) is 32.6 Å². The highest BCUT2D eigenvalue weighted by Crippen LogP contribution is 2.26. The predicted molar refractivity (Wildman–Crippen MR) is 100 cm³/mol. The lowest BCUT2D eigenvalue weighted by molar-refractivity contribution is -0.384. The van der Waals surface area contributed by atoms with Gasteiger partial charge in [-0.25, -0.2) is 9.97 Å². The van der Waals surface area contributed by atoms with Gasteiger partial charge in [-0.15, -0.1) is 0 Å². The van der Waals surface area contributed by atoms with Crippen molar-refractivity contribution in [2.45, 2.75) is 44.7 Å². The van der Waals surface area contributed by atoms with Gasteiger partial charge < -0.3 is 10.2 Å². The zero-order valence-electron chi connectivity index (χ0n) is 14.9. The molecule has 0 atom stereocenters. The maximum atomic E-state index is 11.0. The molecule has 2 fully saturated rings. The van der Waals surface area contributed by atoms with Crippen molar-refractivity contribution >= 4 is 11.5 Å². The van der Waals surface area contributed by atoms with Crippen molar-refractivity contribution in [2.75, 3.05) is 18.0 Å². The number of nitro benzene ring substituents is 1. The third kappa shape index (κ3) is 3.83. The molecule has 1 saturated carbocycles. The minimum absolute atomic E-state index is 0.0566. The first-order valence-corrected chi connectivity index (χ1v) is 9.20. The monoisotopic (exact) mass is 353 g/mol. The van der Waals surface area contributed by atoms with Gasteiger partial charge in [0.2, 0.25) is 0 Å². The van der Waals surface area contributed by atoms with Gasteiger partial charge in [0.25, 0.3) is 5.69 Å². The number of anilines is 1. The first-order chi connectivity index (χ1) is 12.6. The molecule has 2 heterocycles. The van der Waals surface area contributed by atoms with E-state index in [1.807, 2.05) is 19.1 Å². The standard InChI is InChI=1S/C19H23N5O2/c1-13-11-18(23-9-7-16(8-10-23)21-15-5-6-15)22-19(20-13)14-3-2-4-17(12-14)24(25)26/h2-4,11-12,15-16,21H,5-10H2,1H3. The van der Waals surface area contributed by atoms with Gasteiger partial charge in [-0.2, -0.15) is 0 Å². The van der Waals surface area contributed by atoms with E-state index < -0.39 is 4.92 Å². The Kier molecular flexibility index (Phi) is 4.55. The van der Waals surface area contributed by atoms with Gasteiger partial charge in [0.1, 0.15) is 5.82 Å². The fraction of sp³-hybridized carbons (Fsp3) is 0.474. The molecule has 1 aromatic carbocycles. The number of benzene rings is 1. The molecule has 1 aliphatic carbocycles. The van der Waals surface area contributed by atoms with Gasteiger partial charge in [0.15, 0.2) is 5.82 Å². The van der Waals surface area contributed by atoms with Crippen LogP contribution in [0, 0.1) is 17.0 Å². The topological polar surface area (TPSA) is 84.2 Å². The van der Waals surface area contributed by atoms with E-state index in [0.29, 0.717) is 17.4 Å². The Balaban J connectivity index is 1.53. The Labute approximate surface area is 152 Å². The van der Waals surface area contributed by atoms with Gasteiger partial charge in [0.05, 0.1) is 4.92 Å². The summed E-state index contributed by atoms with van der Waals surface area (Å²) in [5, 5.41) is 14.7. The first kappa shape index (κ1) is 16.9. The highest BCUT2D eigenvalue weighted by Gasteiger charge is 2.27. The summed E-state index contributed by atoms with van der Waals surface area (Å²) in [5.74, 6) is 1.45. The fourth-order valence-electron chi connectivity index (χ4n) is 3.46. The van der Waals surface area contributed by atoms with E-state index in [2.05, 4.69) is 15.2 Å². The van der Waals surface area contributed by atoms with Crippen LogP contribution in [0.5, 0.6) is 0 Å². The predicted octanol–water partition coefficient (Wildman–Crippen LogP) is 3.08. The average Bonchev–Trinajstić information content (AvgIpc) is 3.46. The van der Waals surface area contributed by atoms with Gasteiger partial charge in [-0.1, -0.05) is 12.1 Å². The zero-order chi connectivity index (χ0) is 18.1. The number of nitro groups is 1. The van der Waals surface area contributed by atoms with Crippen LogP contribution >= 0.6 is 0 Å². The zero-order valence-corrected chi connectivity index (χ0v) is 14.9. The van der Waals surface area contributed by atoms with Crippen molar-refractivity contribution in [2.24, 2.45) is 0 Å².